The smallest absolute Gasteiger partial charge is 0.253 e. The summed E-state index contributed by atoms with van der Waals surface area (Å²) in [6.07, 6.45) is 7.18. The fraction of sp³-hybridized carbons (Fsp3) is 0.556. The van der Waals surface area contributed by atoms with Gasteiger partial charge in [-0.05, 0) is 76.5 Å². The van der Waals surface area contributed by atoms with Crippen LogP contribution in [0.5, 0.6) is 0 Å². The minimum absolute atomic E-state index is 0.0486. The maximum absolute atomic E-state index is 13.4. The lowest BCUT2D eigenvalue weighted by molar-refractivity contribution is 0.0597. The van der Waals surface area contributed by atoms with Gasteiger partial charge in [0.15, 0.2) is 5.65 Å². The summed E-state index contributed by atoms with van der Waals surface area (Å²) >= 11 is 6.77. The van der Waals surface area contributed by atoms with Crippen molar-refractivity contribution in [2.75, 3.05) is 7.05 Å². The van der Waals surface area contributed by atoms with Crippen molar-refractivity contribution in [2.45, 2.75) is 81.8 Å². The maximum atomic E-state index is 13.4. The summed E-state index contributed by atoms with van der Waals surface area (Å²) in [5.74, 6) is 1.38. The Balaban J connectivity index is 1.20. The van der Waals surface area contributed by atoms with Gasteiger partial charge in [0.05, 0.1) is 11.1 Å². The molecule has 1 aromatic carbocycles. The molecule has 4 heterocycles. The van der Waals surface area contributed by atoms with Gasteiger partial charge in [-0.25, -0.2) is 9.97 Å². The van der Waals surface area contributed by atoms with E-state index in [1.54, 1.807) is 0 Å². The number of hydrogen-bond donors (Lipinski definition) is 1. The number of aryl methyl sites for hydroxylation is 2. The van der Waals surface area contributed by atoms with Crippen LogP contribution in [0.3, 0.4) is 0 Å². The molecule has 1 N–H and O–H groups in total. The van der Waals surface area contributed by atoms with Crippen LogP contribution in [0.2, 0.25) is 5.02 Å². The number of carbonyl (C=O) groups is 1. The largest absolute Gasteiger partial charge is 0.339 e. The van der Waals surface area contributed by atoms with Crippen molar-refractivity contribution in [2.24, 2.45) is 7.05 Å². The highest BCUT2D eigenvalue weighted by atomic mass is 35.5. The van der Waals surface area contributed by atoms with Gasteiger partial charge in [-0.15, -0.1) is 0 Å². The summed E-state index contributed by atoms with van der Waals surface area (Å²) in [4.78, 5) is 24.3. The molecule has 0 radical (unpaired) electrons. The second-order valence-electron chi connectivity index (χ2n) is 11.6. The number of aromatic nitrogens is 4. The zero-order chi connectivity index (χ0) is 24.7. The minimum Gasteiger partial charge on any atom is -0.339 e. The Bertz CT molecular complexity index is 1330. The van der Waals surface area contributed by atoms with Crippen LogP contribution in [-0.4, -0.2) is 54.7 Å². The second-order valence-corrected chi connectivity index (χ2v) is 12.0. The number of benzene rings is 1. The van der Waals surface area contributed by atoms with Crippen LogP contribution in [0.4, 0.5) is 0 Å². The van der Waals surface area contributed by atoms with Gasteiger partial charge in [0.1, 0.15) is 5.82 Å². The van der Waals surface area contributed by atoms with Crippen LogP contribution in [-0.2, 0) is 7.05 Å². The van der Waals surface area contributed by atoms with E-state index in [1.807, 2.05) is 55.0 Å². The number of piperidine rings is 1. The SMILES string of the molecule is Cc1ncc2c([C@@H]3C[C@H]3c3ccc(C(=O)N(C)C4C[C@]5(C)CC[C@](C)(C4)N5)cc3Cl)nn(C)c2n1. The van der Waals surface area contributed by atoms with E-state index in [1.165, 1.54) is 12.8 Å². The standard InChI is InChI=1S/C27H33ClN6O/c1-15-29-14-21-23(31-34(5)24(21)30-15)20-11-19(20)18-7-6-16(10-22(18)28)25(35)33(4)17-12-26(2)8-9-27(3,13-17)32-26/h6-7,10,14,17,19-20,32H,8-9,11-13H2,1-5H3/t17?,19-,20+,26-,27+/m0/s1. The van der Waals surface area contributed by atoms with Gasteiger partial charge in [0, 0.05) is 53.9 Å². The fourth-order valence-corrected chi connectivity index (χ4v) is 7.01. The monoisotopic (exact) mass is 492 g/mol. The zero-order valence-corrected chi connectivity index (χ0v) is 21.9. The highest BCUT2D eigenvalue weighted by molar-refractivity contribution is 6.31. The molecule has 2 bridgehead atoms. The first-order chi connectivity index (χ1) is 16.6. The third-order valence-electron chi connectivity index (χ3n) is 8.59. The van der Waals surface area contributed by atoms with E-state index in [0.29, 0.717) is 22.4 Å². The Morgan fingerprint density at radius 1 is 1.20 bits per heavy atom. The van der Waals surface area contributed by atoms with Gasteiger partial charge in [-0.1, -0.05) is 17.7 Å². The summed E-state index contributed by atoms with van der Waals surface area (Å²) in [7, 11) is 3.87. The zero-order valence-electron chi connectivity index (χ0n) is 21.1. The molecule has 1 amide bonds. The number of rotatable bonds is 4. The first kappa shape index (κ1) is 22.9. The minimum atomic E-state index is 0.0486. The van der Waals surface area contributed by atoms with Gasteiger partial charge < -0.3 is 10.2 Å². The number of fused-ring (bicyclic) bond motifs is 3. The van der Waals surface area contributed by atoms with Gasteiger partial charge >= 0.3 is 0 Å². The first-order valence-corrected chi connectivity index (χ1v) is 13.0. The van der Waals surface area contributed by atoms with Crippen molar-refractivity contribution in [3.63, 3.8) is 0 Å². The van der Waals surface area contributed by atoms with Crippen LogP contribution in [0, 0.1) is 6.92 Å². The highest BCUT2D eigenvalue weighted by Gasteiger charge is 2.50. The Morgan fingerprint density at radius 3 is 2.60 bits per heavy atom. The summed E-state index contributed by atoms with van der Waals surface area (Å²) < 4.78 is 1.84. The Morgan fingerprint density at radius 2 is 1.91 bits per heavy atom. The van der Waals surface area contributed by atoms with E-state index in [-0.39, 0.29) is 23.0 Å². The van der Waals surface area contributed by atoms with Crippen molar-refractivity contribution >= 4 is 28.5 Å². The lowest BCUT2D eigenvalue weighted by atomic mass is 9.84. The van der Waals surface area contributed by atoms with Gasteiger partial charge in [-0.2, -0.15) is 5.10 Å². The molecule has 5 atom stereocenters. The van der Waals surface area contributed by atoms with Crippen molar-refractivity contribution in [1.29, 1.82) is 0 Å². The van der Waals surface area contributed by atoms with Crippen LogP contribution < -0.4 is 5.32 Å². The molecule has 8 heteroatoms. The van der Waals surface area contributed by atoms with E-state index in [2.05, 4.69) is 29.1 Å². The molecule has 3 aromatic rings. The molecule has 2 aliphatic heterocycles. The Hall–Kier alpha value is -2.51. The number of hydrogen-bond acceptors (Lipinski definition) is 5. The predicted molar refractivity (Wildman–Crippen MR) is 137 cm³/mol. The highest BCUT2D eigenvalue weighted by Crippen LogP contribution is 2.57. The van der Waals surface area contributed by atoms with Crippen molar-refractivity contribution in [3.8, 4) is 0 Å². The molecule has 2 aromatic heterocycles. The number of nitrogens with one attached hydrogen (secondary N) is 1. The molecule has 6 rings (SSSR count). The van der Waals surface area contributed by atoms with Gasteiger partial charge in [0.25, 0.3) is 5.91 Å². The summed E-state index contributed by atoms with van der Waals surface area (Å²) in [6.45, 7) is 6.47. The van der Waals surface area contributed by atoms with Crippen molar-refractivity contribution in [3.05, 3.63) is 52.1 Å². The summed E-state index contributed by atoms with van der Waals surface area (Å²) in [6, 6.07) is 6.06. The average molecular weight is 493 g/mol. The Labute approximate surface area is 211 Å². The van der Waals surface area contributed by atoms with Crippen LogP contribution in [0.15, 0.2) is 24.4 Å². The molecule has 0 spiro atoms. The summed E-state index contributed by atoms with van der Waals surface area (Å²) in [5, 5.41) is 10.2. The van der Waals surface area contributed by atoms with E-state index >= 15 is 0 Å². The number of carbonyl (C=O) groups excluding carboxylic acids is 1. The van der Waals surface area contributed by atoms with Crippen LogP contribution >= 0.6 is 11.6 Å². The first-order valence-electron chi connectivity index (χ1n) is 12.6. The fourth-order valence-electron chi connectivity index (χ4n) is 6.69. The molecule has 184 valence electrons. The lowest BCUT2D eigenvalue weighted by Crippen LogP contribution is -2.59. The van der Waals surface area contributed by atoms with E-state index in [4.69, 9.17) is 16.7 Å². The van der Waals surface area contributed by atoms with Crippen LogP contribution in [0.25, 0.3) is 11.0 Å². The maximum Gasteiger partial charge on any atom is 0.253 e. The van der Waals surface area contributed by atoms with Crippen molar-refractivity contribution < 1.29 is 4.79 Å². The lowest BCUT2D eigenvalue weighted by Gasteiger charge is -2.45. The molecule has 1 saturated carbocycles. The molecular weight excluding hydrogens is 460 g/mol. The quantitative estimate of drug-likeness (QED) is 0.569. The van der Waals surface area contributed by atoms with E-state index in [0.717, 1.165) is 47.4 Å². The van der Waals surface area contributed by atoms with Crippen LogP contribution in [0.1, 0.15) is 85.2 Å². The molecule has 2 saturated heterocycles. The predicted octanol–water partition coefficient (Wildman–Crippen LogP) is 4.73. The van der Waals surface area contributed by atoms with E-state index < -0.39 is 0 Å². The molecule has 35 heavy (non-hydrogen) atoms. The van der Waals surface area contributed by atoms with Crippen molar-refractivity contribution in [1.82, 2.24) is 30.0 Å². The molecule has 7 nitrogen and oxygen atoms in total. The van der Waals surface area contributed by atoms with E-state index in [9.17, 15) is 4.79 Å². The molecule has 3 fully saturated rings. The topological polar surface area (TPSA) is 75.9 Å². The number of nitrogens with zero attached hydrogens (tertiary/aromatic N) is 5. The van der Waals surface area contributed by atoms with Gasteiger partial charge in [0.2, 0.25) is 0 Å². The molecule has 1 aliphatic carbocycles. The van der Waals surface area contributed by atoms with Gasteiger partial charge in [-0.3, -0.25) is 9.48 Å². The average Bonchev–Trinajstić information content (AvgIpc) is 3.47. The second kappa shape index (κ2) is 7.74. The third-order valence-corrected chi connectivity index (χ3v) is 8.92. The molecule has 3 aliphatic rings. The number of halogens is 1. The Kier molecular flexibility index (Phi) is 5.07. The summed E-state index contributed by atoms with van der Waals surface area (Å²) in [5.41, 5.74) is 3.88. The normalized spacial score (nSPS) is 31.7. The number of amides is 1. The third kappa shape index (κ3) is 3.84. The molecule has 1 unspecified atom stereocenters. The molecular formula is C27H33ClN6O.